The van der Waals surface area contributed by atoms with Crippen molar-refractivity contribution in [2.24, 2.45) is 0 Å². The van der Waals surface area contributed by atoms with E-state index in [9.17, 15) is 5.11 Å². The molecule has 0 aliphatic heterocycles. The highest BCUT2D eigenvalue weighted by Crippen LogP contribution is 2.18. The zero-order valence-corrected chi connectivity index (χ0v) is 10.0. The van der Waals surface area contributed by atoms with Crippen molar-refractivity contribution in [3.8, 4) is 0 Å². The maximum absolute atomic E-state index is 9.70. The van der Waals surface area contributed by atoms with Gasteiger partial charge in [0, 0.05) is 13.5 Å². The van der Waals surface area contributed by atoms with Gasteiger partial charge in [-0.3, -0.25) is 0 Å². The first-order valence-corrected chi connectivity index (χ1v) is 5.28. The molecule has 1 aromatic rings. The van der Waals surface area contributed by atoms with Gasteiger partial charge >= 0.3 is 0 Å². The molecule has 15 heavy (non-hydrogen) atoms. The zero-order chi connectivity index (χ0) is 11.4. The van der Waals surface area contributed by atoms with Crippen molar-refractivity contribution in [3.63, 3.8) is 0 Å². The van der Waals surface area contributed by atoms with E-state index < -0.39 is 6.10 Å². The zero-order valence-electron chi connectivity index (χ0n) is 10.0. The summed E-state index contributed by atoms with van der Waals surface area (Å²) in [5, 5.41) is 9.70. The molecule has 84 valence electrons. The summed E-state index contributed by atoms with van der Waals surface area (Å²) < 4.78 is 4.93. The highest BCUT2D eigenvalue weighted by Gasteiger charge is 2.09. The van der Waals surface area contributed by atoms with Gasteiger partial charge in [0.15, 0.2) is 0 Å². The van der Waals surface area contributed by atoms with Gasteiger partial charge in [0.2, 0.25) is 0 Å². The lowest BCUT2D eigenvalue weighted by Gasteiger charge is -2.15. The highest BCUT2D eigenvalue weighted by molar-refractivity contribution is 5.37. The van der Waals surface area contributed by atoms with Gasteiger partial charge in [-0.15, -0.1) is 0 Å². The Morgan fingerprint density at radius 2 is 1.73 bits per heavy atom. The Hall–Kier alpha value is -0.860. The smallest absolute Gasteiger partial charge is 0.0813 e. The average molecular weight is 208 g/mol. The van der Waals surface area contributed by atoms with Crippen molar-refractivity contribution in [2.45, 2.75) is 33.3 Å². The predicted molar refractivity (Wildman–Crippen MR) is 62.2 cm³/mol. The van der Waals surface area contributed by atoms with E-state index in [0.717, 1.165) is 0 Å². The molecule has 0 heterocycles. The van der Waals surface area contributed by atoms with Crippen LogP contribution in [0.15, 0.2) is 12.1 Å². The number of benzene rings is 1. The van der Waals surface area contributed by atoms with Crippen LogP contribution in [0.3, 0.4) is 0 Å². The van der Waals surface area contributed by atoms with Crippen LogP contribution < -0.4 is 0 Å². The number of methoxy groups -OCH3 is 1. The molecule has 1 N–H and O–H groups in total. The van der Waals surface area contributed by atoms with Crippen molar-refractivity contribution in [1.82, 2.24) is 0 Å². The van der Waals surface area contributed by atoms with Crippen molar-refractivity contribution in [1.29, 1.82) is 0 Å². The van der Waals surface area contributed by atoms with Crippen LogP contribution in [0.2, 0.25) is 0 Å². The van der Waals surface area contributed by atoms with Gasteiger partial charge in [-0.2, -0.15) is 0 Å². The first-order chi connectivity index (χ1) is 7.04. The molecule has 0 aromatic heterocycles. The van der Waals surface area contributed by atoms with Gasteiger partial charge in [-0.1, -0.05) is 17.7 Å². The van der Waals surface area contributed by atoms with Crippen LogP contribution in [-0.2, 0) is 11.2 Å². The number of aliphatic hydroxyl groups is 1. The summed E-state index contributed by atoms with van der Waals surface area (Å²) in [6.45, 7) is 6.67. The SMILES string of the molecule is COCC(O)Cc1c(C)cc(C)cc1C. The Balaban J connectivity index is 2.85. The maximum Gasteiger partial charge on any atom is 0.0813 e. The molecule has 1 unspecified atom stereocenters. The van der Waals surface area contributed by atoms with Crippen LogP contribution in [0.25, 0.3) is 0 Å². The van der Waals surface area contributed by atoms with E-state index in [1.165, 1.54) is 22.3 Å². The molecule has 0 aliphatic rings. The van der Waals surface area contributed by atoms with Gasteiger partial charge in [0.05, 0.1) is 12.7 Å². The van der Waals surface area contributed by atoms with E-state index in [1.807, 2.05) is 0 Å². The molecule has 1 rings (SSSR count). The normalized spacial score (nSPS) is 12.9. The minimum atomic E-state index is -0.407. The minimum Gasteiger partial charge on any atom is -0.390 e. The number of ether oxygens (including phenoxy) is 1. The molecule has 0 bridgehead atoms. The lowest BCUT2D eigenvalue weighted by Crippen LogP contribution is -2.18. The van der Waals surface area contributed by atoms with E-state index >= 15 is 0 Å². The quantitative estimate of drug-likeness (QED) is 0.821. The van der Waals surface area contributed by atoms with Crippen LogP contribution in [0, 0.1) is 20.8 Å². The van der Waals surface area contributed by atoms with E-state index in [1.54, 1.807) is 7.11 Å². The molecule has 0 radical (unpaired) electrons. The first kappa shape index (κ1) is 12.2. The van der Waals surface area contributed by atoms with Crippen LogP contribution in [0.4, 0.5) is 0 Å². The number of aryl methyl sites for hydroxylation is 3. The number of hydrogen-bond acceptors (Lipinski definition) is 2. The van der Waals surface area contributed by atoms with Crippen molar-refractivity contribution < 1.29 is 9.84 Å². The summed E-state index contributed by atoms with van der Waals surface area (Å²) in [6, 6.07) is 4.31. The van der Waals surface area contributed by atoms with Crippen molar-refractivity contribution >= 4 is 0 Å². The Morgan fingerprint density at radius 3 is 2.20 bits per heavy atom. The molecule has 2 heteroatoms. The Kier molecular flexibility index (Phi) is 4.30. The third-order valence-corrected chi connectivity index (χ3v) is 2.64. The predicted octanol–water partition coefficient (Wildman–Crippen LogP) is 2.16. The molecular weight excluding hydrogens is 188 g/mol. The highest BCUT2D eigenvalue weighted by atomic mass is 16.5. The lowest BCUT2D eigenvalue weighted by molar-refractivity contribution is 0.0648. The third kappa shape index (κ3) is 3.33. The fourth-order valence-corrected chi connectivity index (χ4v) is 2.02. The van der Waals surface area contributed by atoms with Gasteiger partial charge < -0.3 is 9.84 Å². The van der Waals surface area contributed by atoms with Crippen LogP contribution in [0.5, 0.6) is 0 Å². The fraction of sp³-hybridized carbons (Fsp3) is 0.538. The molecule has 0 amide bonds. The van der Waals surface area contributed by atoms with E-state index in [4.69, 9.17) is 4.74 Å². The van der Waals surface area contributed by atoms with Crippen molar-refractivity contribution in [3.05, 3.63) is 34.4 Å². The second-order valence-corrected chi connectivity index (χ2v) is 4.19. The van der Waals surface area contributed by atoms with Crippen LogP contribution in [-0.4, -0.2) is 24.9 Å². The number of rotatable bonds is 4. The topological polar surface area (TPSA) is 29.5 Å². The summed E-state index contributed by atoms with van der Waals surface area (Å²) >= 11 is 0. The summed E-state index contributed by atoms with van der Waals surface area (Å²) in [5.41, 5.74) is 5.02. The van der Waals surface area contributed by atoms with E-state index in [-0.39, 0.29) is 0 Å². The Bertz CT molecular complexity index is 308. The van der Waals surface area contributed by atoms with Crippen molar-refractivity contribution in [2.75, 3.05) is 13.7 Å². The van der Waals surface area contributed by atoms with Crippen LogP contribution in [0.1, 0.15) is 22.3 Å². The summed E-state index contributed by atoms with van der Waals surface area (Å²) in [4.78, 5) is 0. The van der Waals surface area contributed by atoms with Gasteiger partial charge in [-0.25, -0.2) is 0 Å². The summed E-state index contributed by atoms with van der Waals surface area (Å²) in [5.74, 6) is 0. The first-order valence-electron chi connectivity index (χ1n) is 5.28. The molecule has 0 spiro atoms. The van der Waals surface area contributed by atoms with Gasteiger partial charge in [0.25, 0.3) is 0 Å². The minimum absolute atomic E-state index is 0.396. The maximum atomic E-state index is 9.70. The third-order valence-electron chi connectivity index (χ3n) is 2.64. The largest absolute Gasteiger partial charge is 0.390 e. The van der Waals surface area contributed by atoms with Crippen LogP contribution >= 0.6 is 0 Å². The van der Waals surface area contributed by atoms with Gasteiger partial charge in [0.1, 0.15) is 0 Å². The summed E-state index contributed by atoms with van der Waals surface area (Å²) in [6.07, 6.45) is 0.265. The standard InChI is InChI=1S/C13H20O2/c1-9-5-10(2)13(11(3)6-9)7-12(14)8-15-4/h5-6,12,14H,7-8H2,1-4H3. The fourth-order valence-electron chi connectivity index (χ4n) is 2.02. The molecule has 0 saturated heterocycles. The number of hydrogen-bond donors (Lipinski definition) is 1. The molecule has 1 atom stereocenters. The molecule has 0 aliphatic carbocycles. The molecule has 2 nitrogen and oxygen atoms in total. The number of aliphatic hydroxyl groups excluding tert-OH is 1. The van der Waals surface area contributed by atoms with E-state index in [0.29, 0.717) is 13.0 Å². The Labute approximate surface area is 91.9 Å². The van der Waals surface area contributed by atoms with E-state index in [2.05, 4.69) is 32.9 Å². The second-order valence-electron chi connectivity index (χ2n) is 4.19. The average Bonchev–Trinajstić information content (AvgIpc) is 2.11. The summed E-state index contributed by atoms with van der Waals surface area (Å²) in [7, 11) is 1.61. The second kappa shape index (κ2) is 5.29. The molecule has 1 aromatic carbocycles. The monoisotopic (exact) mass is 208 g/mol. The Morgan fingerprint density at radius 1 is 1.20 bits per heavy atom. The van der Waals surface area contributed by atoms with Gasteiger partial charge in [-0.05, 0) is 37.5 Å². The lowest BCUT2D eigenvalue weighted by atomic mass is 9.95. The molecule has 0 fully saturated rings. The molecular formula is C13H20O2. The molecule has 0 saturated carbocycles.